The van der Waals surface area contributed by atoms with Crippen molar-refractivity contribution in [3.63, 3.8) is 0 Å². The molecule has 1 aromatic carbocycles. The molecule has 0 atom stereocenters. The van der Waals surface area contributed by atoms with Gasteiger partial charge in [-0.2, -0.15) is 0 Å². The number of benzene rings is 1. The number of carbonyl (C=O) groups excluding carboxylic acids is 1. The third-order valence-corrected chi connectivity index (χ3v) is 3.42. The normalized spacial score (nSPS) is 10.7. The van der Waals surface area contributed by atoms with Crippen LogP contribution in [0.3, 0.4) is 0 Å². The van der Waals surface area contributed by atoms with E-state index in [0.717, 1.165) is 30.5 Å². The van der Waals surface area contributed by atoms with Crippen LogP contribution in [0.4, 0.5) is 0 Å². The third-order valence-electron chi connectivity index (χ3n) is 3.42. The molecule has 0 saturated heterocycles. The van der Waals surface area contributed by atoms with Crippen molar-refractivity contribution < 1.29 is 4.79 Å². The minimum atomic E-state index is 0.421. The molecule has 0 aliphatic carbocycles. The second-order valence-corrected chi connectivity index (χ2v) is 5.09. The van der Waals surface area contributed by atoms with Gasteiger partial charge in [-0.25, -0.2) is 4.68 Å². The summed E-state index contributed by atoms with van der Waals surface area (Å²) in [6.45, 7) is 5.05. The highest BCUT2D eigenvalue weighted by Crippen LogP contribution is 2.22. The van der Waals surface area contributed by atoms with Gasteiger partial charge >= 0.3 is 0 Å². The number of aromatic nitrogens is 3. The van der Waals surface area contributed by atoms with Crippen LogP contribution in [-0.4, -0.2) is 21.3 Å². The number of aryl methyl sites for hydroxylation is 2. The van der Waals surface area contributed by atoms with Crippen LogP contribution in [0.2, 0.25) is 0 Å². The Morgan fingerprint density at radius 2 is 1.90 bits per heavy atom. The van der Waals surface area contributed by atoms with Gasteiger partial charge in [0.25, 0.3) is 0 Å². The van der Waals surface area contributed by atoms with Gasteiger partial charge in [-0.15, -0.1) is 5.10 Å². The Morgan fingerprint density at radius 1 is 1.15 bits per heavy atom. The van der Waals surface area contributed by atoms with Gasteiger partial charge in [-0.3, -0.25) is 4.79 Å². The monoisotopic (exact) mass is 271 g/mol. The van der Waals surface area contributed by atoms with E-state index in [1.807, 2.05) is 35.9 Å². The molecule has 0 aliphatic heterocycles. The first kappa shape index (κ1) is 14.4. The van der Waals surface area contributed by atoms with Crippen LogP contribution in [0.15, 0.2) is 24.3 Å². The van der Waals surface area contributed by atoms with Crippen LogP contribution >= 0.6 is 0 Å². The first-order chi connectivity index (χ1) is 9.76. The van der Waals surface area contributed by atoms with E-state index < -0.39 is 0 Å². The molecule has 4 nitrogen and oxygen atoms in total. The Hall–Kier alpha value is -1.97. The van der Waals surface area contributed by atoms with Crippen molar-refractivity contribution in [1.82, 2.24) is 15.0 Å². The third kappa shape index (κ3) is 3.32. The van der Waals surface area contributed by atoms with Gasteiger partial charge in [-0.1, -0.05) is 61.2 Å². The van der Waals surface area contributed by atoms with Gasteiger partial charge in [0.1, 0.15) is 0 Å². The summed E-state index contributed by atoms with van der Waals surface area (Å²) < 4.78 is 1.85. The molecule has 0 fully saturated rings. The van der Waals surface area contributed by atoms with E-state index in [4.69, 9.17) is 0 Å². The largest absolute Gasteiger partial charge is 0.296 e. The molecule has 2 aromatic rings. The van der Waals surface area contributed by atoms with Crippen molar-refractivity contribution in [2.45, 2.75) is 46.1 Å². The lowest BCUT2D eigenvalue weighted by Gasteiger charge is -2.07. The highest BCUT2D eigenvalue weighted by molar-refractivity contribution is 5.83. The molecular formula is C16H21N3O. The molecule has 0 aliphatic rings. The van der Waals surface area contributed by atoms with Crippen LogP contribution in [0.5, 0.6) is 0 Å². The molecule has 106 valence electrons. The Bertz CT molecular complexity index is 558. The number of carbonyl (C=O) groups is 1. The summed E-state index contributed by atoms with van der Waals surface area (Å²) in [5, 5.41) is 8.10. The first-order valence-corrected chi connectivity index (χ1v) is 7.22. The van der Waals surface area contributed by atoms with Gasteiger partial charge in [-0.05, 0) is 13.3 Å². The lowest BCUT2D eigenvalue weighted by molar-refractivity contribution is 0.111. The van der Waals surface area contributed by atoms with Gasteiger partial charge in [0.2, 0.25) is 0 Å². The summed E-state index contributed by atoms with van der Waals surface area (Å²) in [6.07, 6.45) is 5.47. The molecule has 1 heterocycles. The Labute approximate surface area is 119 Å². The molecule has 0 saturated carbocycles. The van der Waals surface area contributed by atoms with Gasteiger partial charge in [0.15, 0.2) is 12.0 Å². The van der Waals surface area contributed by atoms with Crippen molar-refractivity contribution in [3.05, 3.63) is 35.5 Å². The fourth-order valence-electron chi connectivity index (χ4n) is 2.26. The Kier molecular flexibility index (Phi) is 5.04. The fourth-order valence-corrected chi connectivity index (χ4v) is 2.26. The van der Waals surface area contributed by atoms with Crippen molar-refractivity contribution in [2.75, 3.05) is 0 Å². The fraction of sp³-hybridized carbons (Fsp3) is 0.438. The van der Waals surface area contributed by atoms with E-state index in [9.17, 15) is 4.79 Å². The highest BCUT2D eigenvalue weighted by Gasteiger charge is 2.13. The number of nitrogens with zero attached hydrogens (tertiary/aromatic N) is 3. The van der Waals surface area contributed by atoms with Gasteiger partial charge < -0.3 is 0 Å². The second kappa shape index (κ2) is 6.98. The van der Waals surface area contributed by atoms with E-state index in [2.05, 4.69) is 17.2 Å². The average molecular weight is 271 g/mol. The van der Waals surface area contributed by atoms with E-state index in [-0.39, 0.29) is 0 Å². The molecular weight excluding hydrogens is 250 g/mol. The second-order valence-electron chi connectivity index (χ2n) is 5.09. The average Bonchev–Trinajstić information content (AvgIpc) is 2.87. The number of rotatable bonds is 7. The van der Waals surface area contributed by atoms with Gasteiger partial charge in [0, 0.05) is 12.1 Å². The maximum absolute atomic E-state index is 11.1. The smallest absolute Gasteiger partial charge is 0.172 e. The summed E-state index contributed by atoms with van der Waals surface area (Å²) in [6, 6.07) is 8.11. The number of hydrogen-bond acceptors (Lipinski definition) is 3. The highest BCUT2D eigenvalue weighted by atomic mass is 16.1. The quantitative estimate of drug-likeness (QED) is 0.570. The van der Waals surface area contributed by atoms with Crippen molar-refractivity contribution >= 4 is 6.29 Å². The zero-order valence-corrected chi connectivity index (χ0v) is 12.2. The minimum Gasteiger partial charge on any atom is -0.296 e. The zero-order valence-electron chi connectivity index (χ0n) is 12.2. The first-order valence-electron chi connectivity index (χ1n) is 7.22. The van der Waals surface area contributed by atoms with Crippen LogP contribution < -0.4 is 0 Å². The zero-order chi connectivity index (χ0) is 14.4. The lowest BCUT2D eigenvalue weighted by Crippen LogP contribution is -2.03. The van der Waals surface area contributed by atoms with Crippen molar-refractivity contribution in [2.24, 2.45) is 0 Å². The van der Waals surface area contributed by atoms with Crippen molar-refractivity contribution in [3.8, 4) is 11.3 Å². The number of unbranched alkanes of at least 4 members (excludes halogenated alkanes) is 3. The van der Waals surface area contributed by atoms with Gasteiger partial charge in [0.05, 0.1) is 5.69 Å². The molecule has 0 spiro atoms. The summed E-state index contributed by atoms with van der Waals surface area (Å²) in [4.78, 5) is 11.1. The molecule has 4 heteroatoms. The summed E-state index contributed by atoms with van der Waals surface area (Å²) >= 11 is 0. The maximum atomic E-state index is 11.1. The topological polar surface area (TPSA) is 47.8 Å². The molecule has 20 heavy (non-hydrogen) atoms. The summed E-state index contributed by atoms with van der Waals surface area (Å²) in [7, 11) is 0. The predicted molar refractivity (Wildman–Crippen MR) is 79.7 cm³/mol. The lowest BCUT2D eigenvalue weighted by atomic mass is 10.1. The van der Waals surface area contributed by atoms with E-state index in [0.29, 0.717) is 5.69 Å². The predicted octanol–water partition coefficient (Wildman–Crippen LogP) is 3.65. The summed E-state index contributed by atoms with van der Waals surface area (Å²) in [5.41, 5.74) is 3.45. The Balaban J connectivity index is 2.23. The standard InChI is InChI=1S/C16H21N3O/c1-3-4-5-6-11-19-16(15(12-20)17-18-19)14-9-7-13(2)8-10-14/h7-10,12H,3-6,11H2,1-2H3. The molecule has 2 rings (SSSR count). The molecule has 0 N–H and O–H groups in total. The van der Waals surface area contributed by atoms with E-state index in [1.165, 1.54) is 24.8 Å². The Morgan fingerprint density at radius 3 is 2.55 bits per heavy atom. The van der Waals surface area contributed by atoms with Crippen LogP contribution in [-0.2, 0) is 6.54 Å². The molecule has 0 radical (unpaired) electrons. The minimum absolute atomic E-state index is 0.421. The van der Waals surface area contributed by atoms with Crippen LogP contribution in [0.1, 0.15) is 48.7 Å². The number of aldehydes is 1. The van der Waals surface area contributed by atoms with Crippen LogP contribution in [0, 0.1) is 6.92 Å². The molecule has 0 amide bonds. The maximum Gasteiger partial charge on any atom is 0.172 e. The SMILES string of the molecule is CCCCCCn1nnc(C=O)c1-c1ccc(C)cc1. The van der Waals surface area contributed by atoms with Crippen molar-refractivity contribution in [1.29, 1.82) is 0 Å². The molecule has 0 unspecified atom stereocenters. The summed E-state index contributed by atoms with van der Waals surface area (Å²) in [5.74, 6) is 0. The molecule has 1 aromatic heterocycles. The van der Waals surface area contributed by atoms with E-state index in [1.54, 1.807) is 0 Å². The van der Waals surface area contributed by atoms with E-state index >= 15 is 0 Å². The number of hydrogen-bond donors (Lipinski definition) is 0. The van der Waals surface area contributed by atoms with Crippen LogP contribution in [0.25, 0.3) is 11.3 Å². The molecule has 0 bridgehead atoms.